The number of benzene rings is 1. The summed E-state index contributed by atoms with van der Waals surface area (Å²) >= 11 is 0. The van der Waals surface area contributed by atoms with Crippen LogP contribution in [-0.2, 0) is 34.5 Å². The van der Waals surface area contributed by atoms with Crippen molar-refractivity contribution in [3.63, 3.8) is 0 Å². The summed E-state index contributed by atoms with van der Waals surface area (Å²) in [5.41, 5.74) is 5.30. The molecule has 6 heterocycles. The van der Waals surface area contributed by atoms with Gasteiger partial charge in [-0.2, -0.15) is 0 Å². The second-order valence-electron chi connectivity index (χ2n) is 11.1. The summed E-state index contributed by atoms with van der Waals surface area (Å²) in [5, 5.41) is 3.47. The number of aromatic nitrogens is 2. The number of hydrogen-bond donors (Lipinski definition) is 1. The Labute approximate surface area is 225 Å². The molecule has 0 aliphatic carbocycles. The minimum atomic E-state index is -0.633. The fraction of sp³-hybridized carbons (Fsp3) is 0.414. The van der Waals surface area contributed by atoms with Crippen molar-refractivity contribution in [1.29, 1.82) is 0 Å². The van der Waals surface area contributed by atoms with Gasteiger partial charge in [0, 0.05) is 81.4 Å². The van der Waals surface area contributed by atoms with Crippen LogP contribution in [0, 0.1) is 0 Å². The average Bonchev–Trinajstić information content (AvgIpc) is 3.59. The molecule has 10 nitrogen and oxygen atoms in total. The maximum absolute atomic E-state index is 13.1. The van der Waals surface area contributed by atoms with Gasteiger partial charge in [0.15, 0.2) is 0 Å². The second-order valence-corrected chi connectivity index (χ2v) is 11.1. The van der Waals surface area contributed by atoms with Crippen LogP contribution < -0.4 is 5.32 Å². The van der Waals surface area contributed by atoms with Gasteiger partial charge in [-0.3, -0.25) is 29.4 Å². The highest BCUT2D eigenvalue weighted by molar-refractivity contribution is 6.05. The number of carbonyl (C=O) groups is 4. The lowest BCUT2D eigenvalue weighted by Crippen LogP contribution is -2.52. The van der Waals surface area contributed by atoms with E-state index in [1.54, 1.807) is 4.90 Å². The molecule has 7 rings (SSSR count). The fourth-order valence-electron chi connectivity index (χ4n) is 6.63. The van der Waals surface area contributed by atoms with Crippen molar-refractivity contribution in [2.75, 3.05) is 19.6 Å². The van der Waals surface area contributed by atoms with E-state index < -0.39 is 11.9 Å². The molecule has 0 bridgehead atoms. The third kappa shape index (κ3) is 4.01. The predicted molar refractivity (Wildman–Crippen MR) is 142 cm³/mol. The van der Waals surface area contributed by atoms with Gasteiger partial charge in [-0.05, 0) is 48.2 Å². The van der Waals surface area contributed by atoms with E-state index in [9.17, 15) is 19.2 Å². The number of imide groups is 1. The number of carbonyl (C=O) groups excluding carboxylic acids is 4. The Hall–Kier alpha value is -4.05. The Morgan fingerprint density at radius 2 is 1.87 bits per heavy atom. The molecule has 2 unspecified atom stereocenters. The van der Waals surface area contributed by atoms with Crippen LogP contribution in [0.5, 0.6) is 0 Å². The van der Waals surface area contributed by atoms with Gasteiger partial charge in [-0.1, -0.05) is 6.07 Å². The summed E-state index contributed by atoms with van der Waals surface area (Å²) in [6, 6.07) is 9.68. The van der Waals surface area contributed by atoms with E-state index in [0.717, 1.165) is 60.5 Å². The van der Waals surface area contributed by atoms with Crippen molar-refractivity contribution in [1.82, 2.24) is 29.6 Å². The number of piperazine rings is 1. The van der Waals surface area contributed by atoms with E-state index in [1.165, 1.54) is 5.56 Å². The van der Waals surface area contributed by atoms with Gasteiger partial charge in [0.25, 0.3) is 5.91 Å². The first-order valence-electron chi connectivity index (χ1n) is 13.6. The van der Waals surface area contributed by atoms with Crippen molar-refractivity contribution in [2.24, 2.45) is 7.05 Å². The number of amides is 4. The van der Waals surface area contributed by atoms with Crippen molar-refractivity contribution < 1.29 is 19.2 Å². The molecule has 4 amide bonds. The molecule has 2 atom stereocenters. The first-order valence-corrected chi connectivity index (χ1v) is 13.6. The number of nitrogens with one attached hydrogen (secondary N) is 1. The summed E-state index contributed by atoms with van der Waals surface area (Å²) in [6.45, 7) is 3.63. The molecule has 3 aromatic rings. The van der Waals surface area contributed by atoms with Crippen LogP contribution >= 0.6 is 0 Å². The molecule has 0 saturated carbocycles. The lowest BCUT2D eigenvalue weighted by molar-refractivity contribution is -0.137. The zero-order valence-corrected chi connectivity index (χ0v) is 21.9. The van der Waals surface area contributed by atoms with E-state index in [0.29, 0.717) is 31.0 Å². The Bertz CT molecular complexity index is 1560. The first kappa shape index (κ1) is 24.0. The Kier molecular flexibility index (Phi) is 5.55. The van der Waals surface area contributed by atoms with Crippen molar-refractivity contribution in [2.45, 2.75) is 50.9 Å². The highest BCUT2D eigenvalue weighted by Gasteiger charge is 2.39. The SMILES string of the molecule is Cn1ccc2c(CN3CCN4C(=O)CCC4C3)cc(-c3ccc4c(c3)CN(C3CCC(=O)NC3=O)C4=O)nc21. The van der Waals surface area contributed by atoms with Gasteiger partial charge in [0.1, 0.15) is 11.7 Å². The number of fused-ring (bicyclic) bond motifs is 3. The smallest absolute Gasteiger partial charge is 0.255 e. The molecule has 1 N–H and O–H groups in total. The third-order valence-corrected chi connectivity index (χ3v) is 8.71. The summed E-state index contributed by atoms with van der Waals surface area (Å²) in [5.74, 6) is -0.597. The van der Waals surface area contributed by atoms with Crippen LogP contribution in [0.3, 0.4) is 0 Å². The van der Waals surface area contributed by atoms with E-state index >= 15 is 0 Å². The minimum Gasteiger partial charge on any atom is -0.337 e. The molecular weight excluding hydrogens is 496 g/mol. The minimum absolute atomic E-state index is 0.179. The first-order chi connectivity index (χ1) is 18.9. The zero-order chi connectivity index (χ0) is 26.8. The van der Waals surface area contributed by atoms with Crippen LogP contribution in [0.4, 0.5) is 0 Å². The highest BCUT2D eigenvalue weighted by atomic mass is 16.2. The number of piperidine rings is 1. The van der Waals surface area contributed by atoms with Crippen LogP contribution in [-0.4, -0.2) is 79.6 Å². The molecule has 4 aliphatic heterocycles. The molecule has 4 aliphatic rings. The van der Waals surface area contributed by atoms with Crippen LogP contribution in [0.1, 0.15) is 47.2 Å². The molecule has 0 spiro atoms. The van der Waals surface area contributed by atoms with Gasteiger partial charge < -0.3 is 14.4 Å². The topological polar surface area (TPSA) is 108 Å². The quantitative estimate of drug-likeness (QED) is 0.520. The zero-order valence-electron chi connectivity index (χ0n) is 21.9. The van der Waals surface area contributed by atoms with E-state index in [-0.39, 0.29) is 24.1 Å². The molecule has 3 fully saturated rings. The standard InChI is InChI=1S/C29H30N6O4/c1-32-9-8-21-19(14-33-10-11-34-20(16-33)3-7-26(34)37)13-23(30-27(21)32)17-2-4-22-18(12-17)15-35(29(22)39)24-5-6-25(36)31-28(24)38/h2,4,8-9,12-13,20,24H,3,5-7,10-11,14-16H2,1H3,(H,31,36,38). The molecule has 3 saturated heterocycles. The molecule has 1 aromatic carbocycles. The van der Waals surface area contributed by atoms with Gasteiger partial charge in [0.2, 0.25) is 17.7 Å². The fourth-order valence-corrected chi connectivity index (χ4v) is 6.63. The number of aryl methyl sites for hydroxylation is 1. The van der Waals surface area contributed by atoms with Gasteiger partial charge in [-0.25, -0.2) is 4.98 Å². The summed E-state index contributed by atoms with van der Waals surface area (Å²) in [7, 11) is 1.99. The Morgan fingerprint density at radius 1 is 1.00 bits per heavy atom. The molecule has 39 heavy (non-hydrogen) atoms. The average molecular weight is 527 g/mol. The van der Waals surface area contributed by atoms with Crippen molar-refractivity contribution in [3.8, 4) is 11.3 Å². The van der Waals surface area contributed by atoms with E-state index in [2.05, 4.69) is 22.3 Å². The molecule has 10 heteroatoms. The highest BCUT2D eigenvalue weighted by Crippen LogP contribution is 2.33. The largest absolute Gasteiger partial charge is 0.337 e. The van der Waals surface area contributed by atoms with Crippen LogP contribution in [0.2, 0.25) is 0 Å². The molecule has 0 radical (unpaired) electrons. The second kappa shape index (κ2) is 9.01. The van der Waals surface area contributed by atoms with E-state index in [1.807, 2.05) is 40.9 Å². The number of nitrogens with zero attached hydrogens (tertiary/aromatic N) is 5. The van der Waals surface area contributed by atoms with E-state index in [4.69, 9.17) is 4.98 Å². The van der Waals surface area contributed by atoms with Gasteiger partial charge >= 0.3 is 0 Å². The summed E-state index contributed by atoms with van der Waals surface area (Å²) in [4.78, 5) is 60.3. The van der Waals surface area contributed by atoms with Crippen LogP contribution in [0.15, 0.2) is 36.5 Å². The normalized spacial score (nSPS) is 23.5. The summed E-state index contributed by atoms with van der Waals surface area (Å²) < 4.78 is 2.03. The predicted octanol–water partition coefficient (Wildman–Crippen LogP) is 1.81. The number of pyridine rings is 1. The third-order valence-electron chi connectivity index (χ3n) is 8.71. The monoisotopic (exact) mass is 526 g/mol. The van der Waals surface area contributed by atoms with Crippen LogP contribution in [0.25, 0.3) is 22.3 Å². The van der Waals surface area contributed by atoms with Crippen molar-refractivity contribution >= 4 is 34.7 Å². The number of hydrogen-bond acceptors (Lipinski definition) is 6. The molecular formula is C29H30N6O4. The maximum Gasteiger partial charge on any atom is 0.255 e. The Balaban J connectivity index is 1.18. The number of rotatable bonds is 4. The lowest BCUT2D eigenvalue weighted by Gasteiger charge is -2.37. The molecule has 2 aromatic heterocycles. The lowest BCUT2D eigenvalue weighted by atomic mass is 10.0. The van der Waals surface area contributed by atoms with Crippen molar-refractivity contribution in [3.05, 3.63) is 53.2 Å². The Morgan fingerprint density at radius 3 is 2.72 bits per heavy atom. The van der Waals surface area contributed by atoms with Gasteiger partial charge in [0.05, 0.1) is 5.69 Å². The molecule has 200 valence electrons. The summed E-state index contributed by atoms with van der Waals surface area (Å²) in [6.07, 6.45) is 4.19. The maximum atomic E-state index is 13.1. The van der Waals surface area contributed by atoms with Gasteiger partial charge in [-0.15, -0.1) is 0 Å².